The molecular formula is C22H18O2S. The van der Waals surface area contributed by atoms with E-state index in [0.29, 0.717) is 11.3 Å². The molecule has 0 unspecified atom stereocenters. The van der Waals surface area contributed by atoms with Crippen LogP contribution in [-0.2, 0) is 10.5 Å². The Balaban J connectivity index is 1.73. The van der Waals surface area contributed by atoms with Gasteiger partial charge in [0.15, 0.2) is 0 Å². The molecule has 0 N–H and O–H groups in total. The summed E-state index contributed by atoms with van der Waals surface area (Å²) in [7, 11) is 0. The zero-order valence-electron chi connectivity index (χ0n) is 13.7. The summed E-state index contributed by atoms with van der Waals surface area (Å²) < 4.78 is 5.40. The summed E-state index contributed by atoms with van der Waals surface area (Å²) in [6, 6.07) is 27.1. The van der Waals surface area contributed by atoms with Crippen molar-refractivity contribution in [3.05, 3.63) is 103 Å². The number of thioether (sulfide) groups is 1. The summed E-state index contributed by atoms with van der Waals surface area (Å²) in [5.74, 6) is 0.917. The lowest BCUT2D eigenvalue weighted by Gasteiger charge is -2.11. The topological polar surface area (TPSA) is 26.3 Å². The third kappa shape index (κ3) is 4.61. The molecule has 124 valence electrons. The van der Waals surface area contributed by atoms with Crippen molar-refractivity contribution >= 4 is 23.3 Å². The summed E-state index contributed by atoms with van der Waals surface area (Å²) in [6.45, 7) is 3.95. The molecule has 0 amide bonds. The van der Waals surface area contributed by atoms with Gasteiger partial charge >= 0.3 is 5.97 Å². The lowest BCUT2D eigenvalue weighted by Crippen LogP contribution is -2.10. The first-order chi connectivity index (χ1) is 12.2. The van der Waals surface area contributed by atoms with Crippen LogP contribution in [0.3, 0.4) is 0 Å². The van der Waals surface area contributed by atoms with Crippen molar-refractivity contribution in [3.8, 4) is 5.75 Å². The maximum absolute atomic E-state index is 12.4. The molecule has 0 spiro atoms. The SMILES string of the molecule is C=C(C(=O)Oc1ccccc1)c1ccccc1SCc1ccccc1. The van der Waals surface area contributed by atoms with E-state index in [2.05, 4.69) is 18.7 Å². The summed E-state index contributed by atoms with van der Waals surface area (Å²) >= 11 is 1.68. The summed E-state index contributed by atoms with van der Waals surface area (Å²) in [5.41, 5.74) is 2.41. The van der Waals surface area contributed by atoms with Gasteiger partial charge in [0.25, 0.3) is 0 Å². The number of hydrogen-bond acceptors (Lipinski definition) is 3. The molecule has 0 aliphatic carbocycles. The van der Waals surface area contributed by atoms with E-state index in [1.54, 1.807) is 23.9 Å². The zero-order chi connectivity index (χ0) is 17.5. The number of rotatable bonds is 6. The molecule has 3 aromatic carbocycles. The van der Waals surface area contributed by atoms with Crippen molar-refractivity contribution in [2.75, 3.05) is 0 Å². The normalized spacial score (nSPS) is 10.2. The number of ether oxygens (including phenoxy) is 1. The highest BCUT2D eigenvalue weighted by Gasteiger charge is 2.15. The van der Waals surface area contributed by atoms with E-state index in [1.807, 2.05) is 60.7 Å². The van der Waals surface area contributed by atoms with Gasteiger partial charge < -0.3 is 4.74 Å². The lowest BCUT2D eigenvalue weighted by atomic mass is 10.1. The Labute approximate surface area is 152 Å². The number of para-hydroxylation sites is 1. The Morgan fingerprint density at radius 1 is 0.840 bits per heavy atom. The van der Waals surface area contributed by atoms with Crippen LogP contribution in [0.4, 0.5) is 0 Å². The Kier molecular flexibility index (Phi) is 5.70. The average molecular weight is 346 g/mol. The third-order valence-electron chi connectivity index (χ3n) is 3.65. The van der Waals surface area contributed by atoms with Crippen LogP contribution in [0.25, 0.3) is 5.57 Å². The summed E-state index contributed by atoms with van der Waals surface area (Å²) in [5, 5.41) is 0. The van der Waals surface area contributed by atoms with Crippen LogP contribution in [-0.4, -0.2) is 5.97 Å². The molecule has 0 aliphatic rings. The highest BCUT2D eigenvalue weighted by Crippen LogP contribution is 2.30. The molecule has 0 atom stereocenters. The van der Waals surface area contributed by atoms with Crippen molar-refractivity contribution in [1.82, 2.24) is 0 Å². The van der Waals surface area contributed by atoms with Gasteiger partial charge in [-0.05, 0) is 23.8 Å². The first-order valence-electron chi connectivity index (χ1n) is 7.96. The van der Waals surface area contributed by atoms with Gasteiger partial charge in [0.1, 0.15) is 5.75 Å². The Bertz CT molecular complexity index is 857. The van der Waals surface area contributed by atoms with Gasteiger partial charge in [0.2, 0.25) is 0 Å². The van der Waals surface area contributed by atoms with E-state index in [9.17, 15) is 4.79 Å². The van der Waals surface area contributed by atoms with E-state index in [4.69, 9.17) is 4.74 Å². The van der Waals surface area contributed by atoms with E-state index in [-0.39, 0.29) is 0 Å². The Hall–Kier alpha value is -2.78. The predicted octanol–water partition coefficient (Wildman–Crippen LogP) is 5.60. The van der Waals surface area contributed by atoms with Crippen LogP contribution >= 0.6 is 11.8 Å². The first-order valence-corrected chi connectivity index (χ1v) is 8.95. The number of carbonyl (C=O) groups is 1. The van der Waals surface area contributed by atoms with Gasteiger partial charge in [-0.25, -0.2) is 4.79 Å². The van der Waals surface area contributed by atoms with Crippen LogP contribution in [0.2, 0.25) is 0 Å². The quantitative estimate of drug-likeness (QED) is 0.252. The second-order valence-electron chi connectivity index (χ2n) is 5.45. The monoisotopic (exact) mass is 346 g/mol. The van der Waals surface area contributed by atoms with Crippen molar-refractivity contribution < 1.29 is 9.53 Å². The second-order valence-corrected chi connectivity index (χ2v) is 6.47. The first kappa shape index (κ1) is 17.1. The molecule has 0 radical (unpaired) electrons. The molecule has 0 heterocycles. The van der Waals surface area contributed by atoms with Crippen molar-refractivity contribution in [2.24, 2.45) is 0 Å². The van der Waals surface area contributed by atoms with Gasteiger partial charge in [0.05, 0.1) is 5.57 Å². The molecule has 25 heavy (non-hydrogen) atoms. The van der Waals surface area contributed by atoms with Gasteiger partial charge in [-0.2, -0.15) is 0 Å². The molecule has 3 heteroatoms. The molecule has 0 aromatic heterocycles. The summed E-state index contributed by atoms with van der Waals surface area (Å²) in [4.78, 5) is 13.4. The fourth-order valence-electron chi connectivity index (χ4n) is 2.34. The second kappa shape index (κ2) is 8.36. The average Bonchev–Trinajstić information content (AvgIpc) is 2.67. The molecule has 0 saturated carbocycles. The molecule has 2 nitrogen and oxygen atoms in total. The van der Waals surface area contributed by atoms with Crippen LogP contribution in [0, 0.1) is 0 Å². The van der Waals surface area contributed by atoms with Crippen LogP contribution in [0.5, 0.6) is 5.75 Å². The van der Waals surface area contributed by atoms with E-state index in [1.165, 1.54) is 5.56 Å². The predicted molar refractivity (Wildman–Crippen MR) is 104 cm³/mol. The van der Waals surface area contributed by atoms with Gasteiger partial charge in [0, 0.05) is 16.2 Å². The molecule has 3 aromatic rings. The van der Waals surface area contributed by atoms with Crippen LogP contribution < -0.4 is 4.74 Å². The van der Waals surface area contributed by atoms with Crippen molar-refractivity contribution in [1.29, 1.82) is 0 Å². The maximum Gasteiger partial charge on any atom is 0.343 e. The number of hydrogen-bond donors (Lipinski definition) is 0. The largest absolute Gasteiger partial charge is 0.423 e. The number of carbonyl (C=O) groups excluding carboxylic acids is 1. The van der Waals surface area contributed by atoms with Crippen LogP contribution in [0.1, 0.15) is 11.1 Å². The van der Waals surface area contributed by atoms with E-state index < -0.39 is 5.97 Å². The van der Waals surface area contributed by atoms with Gasteiger partial charge in [-0.1, -0.05) is 73.3 Å². The molecule has 0 bridgehead atoms. The van der Waals surface area contributed by atoms with E-state index >= 15 is 0 Å². The van der Waals surface area contributed by atoms with E-state index in [0.717, 1.165) is 16.2 Å². The minimum atomic E-state index is -0.432. The van der Waals surface area contributed by atoms with Gasteiger partial charge in [-0.3, -0.25) is 0 Å². The Morgan fingerprint density at radius 2 is 1.44 bits per heavy atom. The molecule has 0 saturated heterocycles. The van der Waals surface area contributed by atoms with Crippen LogP contribution in [0.15, 0.2) is 96.4 Å². The third-order valence-corrected chi connectivity index (χ3v) is 4.79. The fourth-order valence-corrected chi connectivity index (χ4v) is 3.38. The van der Waals surface area contributed by atoms with Crippen molar-refractivity contribution in [3.63, 3.8) is 0 Å². The fraction of sp³-hybridized carbons (Fsp3) is 0.0455. The minimum absolute atomic E-state index is 0.361. The lowest BCUT2D eigenvalue weighted by molar-refractivity contribution is -0.127. The smallest absolute Gasteiger partial charge is 0.343 e. The zero-order valence-corrected chi connectivity index (χ0v) is 14.5. The van der Waals surface area contributed by atoms with Crippen molar-refractivity contribution in [2.45, 2.75) is 10.6 Å². The van der Waals surface area contributed by atoms with Gasteiger partial charge in [-0.15, -0.1) is 11.8 Å². The minimum Gasteiger partial charge on any atom is -0.423 e. The molecule has 3 rings (SSSR count). The molecule has 0 aliphatic heterocycles. The standard InChI is InChI=1S/C22H18O2S/c1-17(22(23)24-19-12-6-3-7-13-19)20-14-8-9-15-21(20)25-16-18-10-4-2-5-11-18/h2-15H,1,16H2. The Morgan fingerprint density at radius 3 is 2.16 bits per heavy atom. The number of benzene rings is 3. The number of esters is 1. The maximum atomic E-state index is 12.4. The summed E-state index contributed by atoms with van der Waals surface area (Å²) in [6.07, 6.45) is 0. The highest BCUT2D eigenvalue weighted by atomic mass is 32.2. The highest BCUT2D eigenvalue weighted by molar-refractivity contribution is 7.98. The molecule has 0 fully saturated rings. The molecular weight excluding hydrogens is 328 g/mol.